The highest BCUT2D eigenvalue weighted by molar-refractivity contribution is 5.88. The monoisotopic (exact) mass is 291 g/mol. The van der Waals surface area contributed by atoms with Crippen molar-refractivity contribution in [3.05, 3.63) is 23.4 Å². The van der Waals surface area contributed by atoms with Crippen molar-refractivity contribution in [1.82, 2.24) is 9.88 Å². The summed E-state index contributed by atoms with van der Waals surface area (Å²) < 4.78 is 0. The smallest absolute Gasteiger partial charge is 0.335 e. The summed E-state index contributed by atoms with van der Waals surface area (Å²) in [6, 6.07) is 4.37. The summed E-state index contributed by atoms with van der Waals surface area (Å²) in [7, 11) is 2.14. The molecule has 0 radical (unpaired) electrons. The maximum absolute atomic E-state index is 11.2. The van der Waals surface area contributed by atoms with Crippen molar-refractivity contribution in [2.45, 2.75) is 51.6 Å². The molecule has 0 aliphatic heterocycles. The van der Waals surface area contributed by atoms with Crippen molar-refractivity contribution in [3.63, 3.8) is 0 Å². The van der Waals surface area contributed by atoms with E-state index >= 15 is 0 Å². The highest BCUT2D eigenvalue weighted by Gasteiger charge is 2.28. The molecule has 1 atom stereocenters. The van der Waals surface area contributed by atoms with Crippen LogP contribution in [0.4, 0.5) is 5.82 Å². The molecule has 1 aliphatic rings. The fourth-order valence-electron chi connectivity index (χ4n) is 2.30. The largest absolute Gasteiger partial charge is 0.478 e. The van der Waals surface area contributed by atoms with E-state index in [4.69, 9.17) is 0 Å². The number of rotatable bonds is 7. The third-order valence-electron chi connectivity index (χ3n) is 4.08. The lowest BCUT2D eigenvalue weighted by Gasteiger charge is -2.25. The second kappa shape index (κ2) is 6.43. The van der Waals surface area contributed by atoms with Gasteiger partial charge in [-0.15, -0.1) is 0 Å². The molecular weight excluding hydrogens is 266 g/mol. The minimum Gasteiger partial charge on any atom is -0.478 e. The van der Waals surface area contributed by atoms with Crippen LogP contribution in [0.2, 0.25) is 0 Å². The molecule has 1 saturated carbocycles. The summed E-state index contributed by atoms with van der Waals surface area (Å²) in [5, 5.41) is 12.5. The van der Waals surface area contributed by atoms with Crippen molar-refractivity contribution < 1.29 is 9.90 Å². The summed E-state index contributed by atoms with van der Waals surface area (Å²) in [4.78, 5) is 18.1. The van der Waals surface area contributed by atoms with E-state index in [0.29, 0.717) is 23.5 Å². The van der Waals surface area contributed by atoms with Gasteiger partial charge in [0.15, 0.2) is 0 Å². The van der Waals surface area contributed by atoms with Crippen molar-refractivity contribution >= 4 is 11.8 Å². The first-order valence-corrected chi connectivity index (χ1v) is 7.59. The number of hydrogen-bond donors (Lipinski definition) is 2. The van der Waals surface area contributed by atoms with Crippen LogP contribution < -0.4 is 5.32 Å². The number of pyridine rings is 1. The second-order valence-corrected chi connectivity index (χ2v) is 6.25. The molecular formula is C16H25N3O2. The molecule has 5 heteroatoms. The number of likely N-dealkylation sites (N-methyl/N-ethyl adjacent to an activating group) is 1. The number of anilines is 1. The molecule has 1 aromatic rings. The Morgan fingerprint density at radius 2 is 2.10 bits per heavy atom. The number of aromatic nitrogens is 1. The van der Waals surface area contributed by atoms with Crippen LogP contribution in [0, 0.1) is 0 Å². The molecule has 0 saturated heterocycles. The van der Waals surface area contributed by atoms with E-state index in [-0.39, 0.29) is 5.92 Å². The van der Waals surface area contributed by atoms with Crippen molar-refractivity contribution in [2.24, 2.45) is 0 Å². The molecule has 0 spiro atoms. The van der Waals surface area contributed by atoms with Gasteiger partial charge in [-0.25, -0.2) is 9.78 Å². The van der Waals surface area contributed by atoms with Crippen LogP contribution in [0.3, 0.4) is 0 Å². The van der Waals surface area contributed by atoms with Gasteiger partial charge < -0.3 is 10.4 Å². The van der Waals surface area contributed by atoms with Crippen LogP contribution in [0.15, 0.2) is 12.1 Å². The molecule has 1 aromatic heterocycles. The van der Waals surface area contributed by atoms with Gasteiger partial charge in [-0.3, -0.25) is 4.90 Å². The Morgan fingerprint density at radius 3 is 2.62 bits per heavy atom. The van der Waals surface area contributed by atoms with Gasteiger partial charge in [0.05, 0.1) is 5.56 Å². The van der Waals surface area contributed by atoms with E-state index in [0.717, 1.165) is 12.2 Å². The molecule has 1 heterocycles. The minimum atomic E-state index is -0.912. The molecule has 5 nitrogen and oxygen atoms in total. The highest BCUT2D eigenvalue weighted by Crippen LogP contribution is 2.27. The first-order chi connectivity index (χ1) is 9.88. The fraction of sp³-hybridized carbons (Fsp3) is 0.625. The molecule has 116 valence electrons. The molecule has 0 bridgehead atoms. The van der Waals surface area contributed by atoms with Crippen molar-refractivity contribution in [1.29, 1.82) is 0 Å². The SMILES string of the molecule is CC(C)c1cc(C(=O)O)cc(NCC(C)N(C)C2CC2)n1. The Hall–Kier alpha value is -1.62. The van der Waals surface area contributed by atoms with Gasteiger partial charge in [-0.05, 0) is 44.9 Å². The summed E-state index contributed by atoms with van der Waals surface area (Å²) in [5.41, 5.74) is 1.10. The third kappa shape index (κ3) is 4.17. The van der Waals surface area contributed by atoms with Crippen LogP contribution in [-0.4, -0.2) is 46.6 Å². The Labute approximate surface area is 126 Å². The molecule has 2 N–H and O–H groups in total. The molecule has 1 fully saturated rings. The Bertz CT molecular complexity index is 512. The normalized spacial score (nSPS) is 16.3. The van der Waals surface area contributed by atoms with Gasteiger partial charge >= 0.3 is 5.97 Å². The first-order valence-electron chi connectivity index (χ1n) is 7.59. The number of carboxylic acids is 1. The zero-order chi connectivity index (χ0) is 15.6. The maximum atomic E-state index is 11.2. The fourth-order valence-corrected chi connectivity index (χ4v) is 2.30. The van der Waals surface area contributed by atoms with Gasteiger partial charge in [-0.1, -0.05) is 13.8 Å². The molecule has 0 aromatic carbocycles. The number of nitrogens with zero attached hydrogens (tertiary/aromatic N) is 2. The Kier molecular flexibility index (Phi) is 4.83. The maximum Gasteiger partial charge on any atom is 0.335 e. The first kappa shape index (κ1) is 15.8. The lowest BCUT2D eigenvalue weighted by atomic mass is 10.1. The van der Waals surface area contributed by atoms with Crippen LogP contribution in [0.1, 0.15) is 55.6 Å². The minimum absolute atomic E-state index is 0.205. The van der Waals surface area contributed by atoms with Crippen LogP contribution in [-0.2, 0) is 0 Å². The molecule has 21 heavy (non-hydrogen) atoms. The quantitative estimate of drug-likeness (QED) is 0.808. The lowest BCUT2D eigenvalue weighted by molar-refractivity contribution is 0.0696. The number of nitrogens with one attached hydrogen (secondary N) is 1. The lowest BCUT2D eigenvalue weighted by Crippen LogP contribution is -2.36. The average molecular weight is 291 g/mol. The van der Waals surface area contributed by atoms with E-state index in [2.05, 4.69) is 29.2 Å². The predicted octanol–water partition coefficient (Wildman–Crippen LogP) is 2.80. The van der Waals surface area contributed by atoms with Gasteiger partial charge in [0, 0.05) is 24.3 Å². The number of carbonyl (C=O) groups is 1. The zero-order valence-electron chi connectivity index (χ0n) is 13.3. The topological polar surface area (TPSA) is 65.5 Å². The van der Waals surface area contributed by atoms with E-state index in [1.54, 1.807) is 12.1 Å². The summed E-state index contributed by atoms with van der Waals surface area (Å²) in [5.74, 6) is -0.0587. The summed E-state index contributed by atoms with van der Waals surface area (Å²) in [6.45, 7) is 6.97. The van der Waals surface area contributed by atoms with E-state index in [9.17, 15) is 9.90 Å². The average Bonchev–Trinajstić information content (AvgIpc) is 3.28. The molecule has 0 amide bonds. The Morgan fingerprint density at radius 1 is 1.43 bits per heavy atom. The molecule has 1 unspecified atom stereocenters. The van der Waals surface area contributed by atoms with E-state index in [1.807, 2.05) is 13.8 Å². The second-order valence-electron chi connectivity index (χ2n) is 6.25. The predicted molar refractivity (Wildman–Crippen MR) is 84.0 cm³/mol. The van der Waals surface area contributed by atoms with E-state index < -0.39 is 5.97 Å². The number of aromatic carboxylic acids is 1. The van der Waals surface area contributed by atoms with Gasteiger partial charge in [-0.2, -0.15) is 0 Å². The van der Waals surface area contributed by atoms with Crippen LogP contribution in [0.25, 0.3) is 0 Å². The summed E-state index contributed by atoms with van der Waals surface area (Å²) in [6.07, 6.45) is 2.57. The Balaban J connectivity index is 2.05. The van der Waals surface area contributed by atoms with Gasteiger partial charge in [0.1, 0.15) is 5.82 Å². The number of carboxylic acid groups (broad SMARTS) is 1. The van der Waals surface area contributed by atoms with Crippen LogP contribution >= 0.6 is 0 Å². The third-order valence-corrected chi connectivity index (χ3v) is 4.08. The van der Waals surface area contributed by atoms with Crippen molar-refractivity contribution in [3.8, 4) is 0 Å². The highest BCUT2D eigenvalue weighted by atomic mass is 16.4. The molecule has 1 aliphatic carbocycles. The standard InChI is InChI=1S/C16H25N3O2/c1-10(2)14-7-12(16(20)21)8-15(18-14)17-9-11(3)19(4)13-5-6-13/h7-8,10-11,13H,5-6,9H2,1-4H3,(H,17,18)(H,20,21). The van der Waals surface area contributed by atoms with Gasteiger partial charge in [0.2, 0.25) is 0 Å². The van der Waals surface area contributed by atoms with Crippen LogP contribution in [0.5, 0.6) is 0 Å². The molecule has 2 rings (SSSR count). The number of hydrogen-bond acceptors (Lipinski definition) is 4. The van der Waals surface area contributed by atoms with E-state index in [1.165, 1.54) is 12.8 Å². The summed E-state index contributed by atoms with van der Waals surface area (Å²) >= 11 is 0. The zero-order valence-corrected chi connectivity index (χ0v) is 13.3. The van der Waals surface area contributed by atoms with Gasteiger partial charge in [0.25, 0.3) is 0 Å². The van der Waals surface area contributed by atoms with Crippen molar-refractivity contribution in [2.75, 3.05) is 18.9 Å².